The summed E-state index contributed by atoms with van der Waals surface area (Å²) >= 11 is 5.21. The highest BCUT2D eigenvalue weighted by Crippen LogP contribution is 2.32. The quantitative estimate of drug-likeness (QED) is 0.456. The summed E-state index contributed by atoms with van der Waals surface area (Å²) in [5, 5.41) is 27.5. The molecule has 0 spiro atoms. The summed E-state index contributed by atoms with van der Waals surface area (Å²) in [7, 11) is 0. The molecule has 0 fully saturated rings. The Morgan fingerprint density at radius 3 is 2.61 bits per heavy atom. The third-order valence-electron chi connectivity index (χ3n) is 3.51. The fraction of sp³-hybridized carbons (Fsp3) is 0.0625. The van der Waals surface area contributed by atoms with Gasteiger partial charge in [0.2, 0.25) is 0 Å². The molecule has 1 unspecified atom stereocenters. The van der Waals surface area contributed by atoms with Crippen LogP contribution in [0.5, 0.6) is 5.75 Å². The molecule has 23 heavy (non-hydrogen) atoms. The number of phenols is 1. The van der Waals surface area contributed by atoms with E-state index in [9.17, 15) is 15.2 Å². The maximum atomic E-state index is 10.9. The van der Waals surface area contributed by atoms with Crippen LogP contribution in [0.1, 0.15) is 17.2 Å². The fourth-order valence-corrected chi connectivity index (χ4v) is 2.64. The number of nitrogens with zero attached hydrogens (tertiary/aromatic N) is 1. The minimum absolute atomic E-state index is 0.0264. The van der Waals surface area contributed by atoms with Crippen LogP contribution >= 0.6 is 12.2 Å². The average Bonchev–Trinajstić information content (AvgIpc) is 2.55. The van der Waals surface area contributed by atoms with Crippen molar-refractivity contribution in [1.29, 1.82) is 0 Å². The molecule has 0 aromatic heterocycles. The lowest BCUT2D eigenvalue weighted by molar-refractivity contribution is -0.385. The van der Waals surface area contributed by atoms with Crippen LogP contribution in [-0.2, 0) is 0 Å². The molecule has 0 saturated heterocycles. The van der Waals surface area contributed by atoms with Gasteiger partial charge in [0.25, 0.3) is 5.69 Å². The Kier molecular flexibility index (Phi) is 3.94. The van der Waals surface area contributed by atoms with Gasteiger partial charge in [0.05, 0.1) is 11.0 Å². The third-order valence-corrected chi connectivity index (χ3v) is 3.73. The topological polar surface area (TPSA) is 87.4 Å². The smallest absolute Gasteiger partial charge is 0.270 e. The van der Waals surface area contributed by atoms with E-state index in [1.165, 1.54) is 18.2 Å². The summed E-state index contributed by atoms with van der Waals surface area (Å²) in [5.74, 6) is -0.0264. The second-order valence-corrected chi connectivity index (χ2v) is 5.43. The summed E-state index contributed by atoms with van der Waals surface area (Å²) in [6, 6.07) is 13.0. The fourth-order valence-electron chi connectivity index (χ4n) is 2.41. The number of aromatic hydroxyl groups is 1. The van der Waals surface area contributed by atoms with Gasteiger partial charge in [-0.1, -0.05) is 30.3 Å². The summed E-state index contributed by atoms with van der Waals surface area (Å²) in [5.41, 5.74) is 2.03. The molecule has 0 bridgehead atoms. The molecule has 1 aliphatic heterocycles. The van der Waals surface area contributed by atoms with E-state index >= 15 is 0 Å². The van der Waals surface area contributed by atoms with Gasteiger partial charge < -0.3 is 15.7 Å². The minimum atomic E-state index is -0.496. The maximum absolute atomic E-state index is 10.9. The average molecular weight is 327 g/mol. The second-order valence-electron chi connectivity index (χ2n) is 5.02. The number of thiocarbonyl (C=S) groups is 1. The molecule has 1 aliphatic rings. The Labute approximate surface area is 137 Å². The number of nitro groups is 1. The van der Waals surface area contributed by atoms with Gasteiger partial charge in [-0.2, -0.15) is 0 Å². The normalized spacial score (nSPS) is 17.0. The van der Waals surface area contributed by atoms with E-state index in [1.807, 2.05) is 36.4 Å². The van der Waals surface area contributed by atoms with Crippen molar-refractivity contribution >= 4 is 28.7 Å². The molecule has 7 heteroatoms. The standard InChI is InChI=1S/C16H13N3O3S/c20-15-7-6-11(19(21)22)8-12(15)14-9-13(17-16(23)18-14)10-4-2-1-3-5-10/h1-9,14,20H,(H2,17,18,23). The first-order chi connectivity index (χ1) is 11.0. The van der Waals surface area contributed by atoms with Crippen LogP contribution in [0.4, 0.5) is 5.69 Å². The second kappa shape index (κ2) is 6.05. The number of hydrogen-bond donors (Lipinski definition) is 3. The predicted molar refractivity (Wildman–Crippen MR) is 90.8 cm³/mol. The number of phenolic OH excluding ortho intramolecular Hbond substituents is 1. The number of non-ortho nitro benzene ring substituents is 1. The molecular formula is C16H13N3O3S. The van der Waals surface area contributed by atoms with E-state index in [-0.39, 0.29) is 11.4 Å². The van der Waals surface area contributed by atoms with E-state index in [2.05, 4.69) is 10.6 Å². The van der Waals surface area contributed by atoms with Gasteiger partial charge in [-0.25, -0.2) is 0 Å². The first-order valence-electron chi connectivity index (χ1n) is 6.86. The van der Waals surface area contributed by atoms with Gasteiger partial charge in [-0.05, 0) is 29.9 Å². The third kappa shape index (κ3) is 3.14. The van der Waals surface area contributed by atoms with Crippen LogP contribution in [-0.4, -0.2) is 15.1 Å². The number of rotatable bonds is 3. The molecule has 2 aromatic carbocycles. The van der Waals surface area contributed by atoms with Crippen molar-refractivity contribution in [3.63, 3.8) is 0 Å². The van der Waals surface area contributed by atoms with Gasteiger partial charge in [0, 0.05) is 23.4 Å². The maximum Gasteiger partial charge on any atom is 0.270 e. The molecule has 6 nitrogen and oxygen atoms in total. The molecule has 1 heterocycles. The van der Waals surface area contributed by atoms with Gasteiger partial charge in [0.15, 0.2) is 5.11 Å². The van der Waals surface area contributed by atoms with Crippen LogP contribution < -0.4 is 10.6 Å². The highest BCUT2D eigenvalue weighted by atomic mass is 32.1. The molecule has 1 atom stereocenters. The van der Waals surface area contributed by atoms with Crippen LogP contribution in [0, 0.1) is 10.1 Å². The Morgan fingerprint density at radius 2 is 1.91 bits per heavy atom. The molecule has 0 radical (unpaired) electrons. The van der Waals surface area contributed by atoms with Gasteiger partial charge in [0.1, 0.15) is 5.75 Å². The lowest BCUT2D eigenvalue weighted by Gasteiger charge is -2.26. The molecular weight excluding hydrogens is 314 g/mol. The Hall–Kier alpha value is -2.93. The number of hydrogen-bond acceptors (Lipinski definition) is 4. The number of nitrogens with one attached hydrogen (secondary N) is 2. The van der Waals surface area contributed by atoms with Crippen molar-refractivity contribution in [3.05, 3.63) is 75.8 Å². The Bertz CT molecular complexity index is 805. The molecule has 3 N–H and O–H groups in total. The summed E-state index contributed by atoms with van der Waals surface area (Å²) in [4.78, 5) is 10.5. The predicted octanol–water partition coefficient (Wildman–Crippen LogP) is 2.86. The van der Waals surface area contributed by atoms with Crippen molar-refractivity contribution in [3.8, 4) is 5.75 Å². The van der Waals surface area contributed by atoms with E-state index in [0.29, 0.717) is 10.7 Å². The lowest BCUT2D eigenvalue weighted by atomic mass is 10.0. The largest absolute Gasteiger partial charge is 0.508 e. The van der Waals surface area contributed by atoms with Crippen molar-refractivity contribution in [2.24, 2.45) is 0 Å². The molecule has 0 amide bonds. The van der Waals surface area contributed by atoms with E-state index in [0.717, 1.165) is 11.3 Å². The van der Waals surface area contributed by atoms with E-state index in [4.69, 9.17) is 12.2 Å². The number of nitro benzene ring substituents is 1. The van der Waals surface area contributed by atoms with Crippen LogP contribution in [0.3, 0.4) is 0 Å². The van der Waals surface area contributed by atoms with E-state index in [1.54, 1.807) is 0 Å². The zero-order chi connectivity index (χ0) is 16.4. The lowest BCUT2D eigenvalue weighted by Crippen LogP contribution is -2.40. The molecule has 0 aliphatic carbocycles. The molecule has 116 valence electrons. The van der Waals surface area contributed by atoms with Crippen molar-refractivity contribution in [2.45, 2.75) is 6.04 Å². The minimum Gasteiger partial charge on any atom is -0.508 e. The first-order valence-corrected chi connectivity index (χ1v) is 7.27. The summed E-state index contributed by atoms with van der Waals surface area (Å²) < 4.78 is 0. The highest BCUT2D eigenvalue weighted by molar-refractivity contribution is 7.80. The molecule has 2 aromatic rings. The first kappa shape index (κ1) is 15.0. The molecule has 0 saturated carbocycles. The monoisotopic (exact) mass is 327 g/mol. The number of benzene rings is 2. The summed E-state index contributed by atoms with van der Waals surface area (Å²) in [6.07, 6.45) is 1.84. The van der Waals surface area contributed by atoms with Crippen LogP contribution in [0.15, 0.2) is 54.6 Å². The van der Waals surface area contributed by atoms with Gasteiger partial charge in [-0.3, -0.25) is 10.1 Å². The zero-order valence-electron chi connectivity index (χ0n) is 11.9. The Balaban J connectivity index is 2.04. The SMILES string of the molecule is O=[N+]([O-])c1ccc(O)c(C2C=C(c3ccccc3)NC(=S)N2)c1. The van der Waals surface area contributed by atoms with Gasteiger partial charge >= 0.3 is 0 Å². The highest BCUT2D eigenvalue weighted by Gasteiger charge is 2.22. The van der Waals surface area contributed by atoms with Crippen LogP contribution in [0.25, 0.3) is 5.70 Å². The summed E-state index contributed by atoms with van der Waals surface area (Å²) in [6.45, 7) is 0. The van der Waals surface area contributed by atoms with Crippen molar-refractivity contribution in [2.75, 3.05) is 0 Å². The zero-order valence-corrected chi connectivity index (χ0v) is 12.7. The van der Waals surface area contributed by atoms with E-state index < -0.39 is 11.0 Å². The van der Waals surface area contributed by atoms with Gasteiger partial charge in [-0.15, -0.1) is 0 Å². The van der Waals surface area contributed by atoms with Crippen molar-refractivity contribution in [1.82, 2.24) is 10.6 Å². The van der Waals surface area contributed by atoms with Crippen molar-refractivity contribution < 1.29 is 10.0 Å². The van der Waals surface area contributed by atoms with Crippen LogP contribution in [0.2, 0.25) is 0 Å². The molecule has 3 rings (SSSR count). The Morgan fingerprint density at radius 1 is 1.17 bits per heavy atom.